The van der Waals surface area contributed by atoms with Crippen molar-refractivity contribution in [2.45, 2.75) is 25.3 Å². The molecular weight excluding hydrogens is 398 g/mol. The summed E-state index contributed by atoms with van der Waals surface area (Å²) in [6.07, 6.45) is -0.573. The molecule has 2 aromatic rings. The number of nitrogens with zero attached hydrogens (tertiary/aromatic N) is 3. The minimum absolute atomic E-state index is 0.0468. The highest BCUT2D eigenvalue weighted by molar-refractivity contribution is 5.88. The van der Waals surface area contributed by atoms with E-state index in [0.29, 0.717) is 23.9 Å². The Kier molecular flexibility index (Phi) is 6.53. The number of piperidine rings is 1. The number of alkyl halides is 2. The van der Waals surface area contributed by atoms with E-state index in [1.54, 1.807) is 25.2 Å². The molecule has 0 spiro atoms. The van der Waals surface area contributed by atoms with Gasteiger partial charge in [0.25, 0.3) is 5.92 Å². The van der Waals surface area contributed by atoms with Crippen LogP contribution >= 0.6 is 0 Å². The SMILES string of the molecule is COC(=O)c1cc(NCc2cc(OC)cc(OC)c2)nc(N2CCC(F)(F)CC2)n1. The first-order valence-corrected chi connectivity index (χ1v) is 9.39. The second-order valence-electron chi connectivity index (χ2n) is 6.85. The molecule has 0 radical (unpaired) electrons. The van der Waals surface area contributed by atoms with Gasteiger partial charge in [-0.2, -0.15) is 4.98 Å². The van der Waals surface area contributed by atoms with Crippen LogP contribution in [0.2, 0.25) is 0 Å². The zero-order chi connectivity index (χ0) is 21.7. The van der Waals surface area contributed by atoms with Crippen molar-refractivity contribution in [1.29, 1.82) is 0 Å². The molecule has 0 saturated carbocycles. The maximum absolute atomic E-state index is 13.5. The van der Waals surface area contributed by atoms with E-state index in [9.17, 15) is 13.6 Å². The molecule has 2 heterocycles. The molecule has 8 nitrogen and oxygen atoms in total. The summed E-state index contributed by atoms with van der Waals surface area (Å²) >= 11 is 0. The first kappa shape index (κ1) is 21.5. The molecule has 162 valence electrons. The maximum Gasteiger partial charge on any atom is 0.356 e. The van der Waals surface area contributed by atoms with Gasteiger partial charge in [-0.3, -0.25) is 0 Å². The summed E-state index contributed by atoms with van der Waals surface area (Å²) in [5.74, 6) is -1.47. The van der Waals surface area contributed by atoms with Crippen LogP contribution in [0.3, 0.4) is 0 Å². The number of carbonyl (C=O) groups excluding carboxylic acids is 1. The van der Waals surface area contributed by atoms with Crippen LogP contribution in [-0.4, -0.2) is 56.3 Å². The van der Waals surface area contributed by atoms with Gasteiger partial charge in [0.15, 0.2) is 5.69 Å². The Bertz CT molecular complexity index is 878. The fourth-order valence-corrected chi connectivity index (χ4v) is 3.07. The van der Waals surface area contributed by atoms with Gasteiger partial charge in [-0.05, 0) is 17.7 Å². The van der Waals surface area contributed by atoms with Crippen LogP contribution in [0.4, 0.5) is 20.5 Å². The summed E-state index contributed by atoms with van der Waals surface area (Å²) in [7, 11) is 4.38. The monoisotopic (exact) mass is 422 g/mol. The van der Waals surface area contributed by atoms with Crippen LogP contribution in [0, 0.1) is 0 Å². The van der Waals surface area contributed by atoms with Crippen LogP contribution in [0.25, 0.3) is 0 Å². The molecule has 0 atom stereocenters. The maximum atomic E-state index is 13.5. The number of hydrogen-bond donors (Lipinski definition) is 1. The number of nitrogens with one attached hydrogen (secondary N) is 1. The van der Waals surface area contributed by atoms with Crippen molar-refractivity contribution in [3.05, 3.63) is 35.5 Å². The van der Waals surface area contributed by atoms with E-state index in [4.69, 9.17) is 14.2 Å². The summed E-state index contributed by atoms with van der Waals surface area (Å²) < 4.78 is 42.3. The number of rotatable bonds is 7. The quantitative estimate of drug-likeness (QED) is 0.682. The molecule has 0 unspecified atom stereocenters. The highest BCUT2D eigenvalue weighted by atomic mass is 19.3. The molecule has 1 saturated heterocycles. The third-order valence-corrected chi connectivity index (χ3v) is 4.77. The van der Waals surface area contributed by atoms with Gasteiger partial charge < -0.3 is 24.4 Å². The molecule has 1 N–H and O–H groups in total. The summed E-state index contributed by atoms with van der Waals surface area (Å²) in [6.45, 7) is 0.566. The van der Waals surface area contributed by atoms with Crippen molar-refractivity contribution in [2.75, 3.05) is 44.6 Å². The number of hydrogen-bond acceptors (Lipinski definition) is 8. The average Bonchev–Trinajstić information content (AvgIpc) is 2.76. The molecule has 1 aromatic carbocycles. The number of halogens is 2. The van der Waals surface area contributed by atoms with Gasteiger partial charge in [-0.1, -0.05) is 0 Å². The van der Waals surface area contributed by atoms with Crippen molar-refractivity contribution >= 4 is 17.7 Å². The largest absolute Gasteiger partial charge is 0.497 e. The number of aromatic nitrogens is 2. The molecule has 30 heavy (non-hydrogen) atoms. The minimum Gasteiger partial charge on any atom is -0.497 e. The van der Waals surface area contributed by atoms with Gasteiger partial charge in [0.1, 0.15) is 17.3 Å². The Morgan fingerprint density at radius 2 is 1.70 bits per heavy atom. The van der Waals surface area contributed by atoms with Crippen LogP contribution in [-0.2, 0) is 11.3 Å². The molecule has 1 aromatic heterocycles. The van der Waals surface area contributed by atoms with E-state index in [2.05, 4.69) is 15.3 Å². The van der Waals surface area contributed by atoms with E-state index in [1.807, 2.05) is 12.1 Å². The van der Waals surface area contributed by atoms with Gasteiger partial charge in [-0.25, -0.2) is 18.6 Å². The van der Waals surface area contributed by atoms with Crippen molar-refractivity contribution in [1.82, 2.24) is 9.97 Å². The van der Waals surface area contributed by atoms with Gasteiger partial charge in [0, 0.05) is 44.6 Å². The van der Waals surface area contributed by atoms with Crippen molar-refractivity contribution in [3.8, 4) is 11.5 Å². The molecule has 0 amide bonds. The van der Waals surface area contributed by atoms with Crippen molar-refractivity contribution < 1.29 is 27.8 Å². The van der Waals surface area contributed by atoms with Crippen molar-refractivity contribution in [3.63, 3.8) is 0 Å². The van der Waals surface area contributed by atoms with E-state index in [0.717, 1.165) is 5.56 Å². The normalized spacial score (nSPS) is 15.4. The third-order valence-electron chi connectivity index (χ3n) is 4.77. The molecule has 1 fully saturated rings. The molecule has 0 aliphatic carbocycles. The van der Waals surface area contributed by atoms with Crippen LogP contribution < -0.4 is 19.7 Å². The van der Waals surface area contributed by atoms with Crippen LogP contribution in [0.1, 0.15) is 28.9 Å². The van der Waals surface area contributed by atoms with E-state index >= 15 is 0 Å². The Morgan fingerprint density at radius 1 is 1.07 bits per heavy atom. The predicted molar refractivity (Wildman–Crippen MR) is 107 cm³/mol. The Hall–Kier alpha value is -3.17. The predicted octanol–water partition coefficient (Wildman–Crippen LogP) is 3.13. The molecule has 1 aliphatic rings. The number of anilines is 2. The lowest BCUT2D eigenvalue weighted by Crippen LogP contribution is -2.40. The second-order valence-corrected chi connectivity index (χ2v) is 6.85. The molecule has 0 bridgehead atoms. The summed E-state index contributed by atoms with van der Waals surface area (Å²) in [5, 5.41) is 3.13. The van der Waals surface area contributed by atoms with Crippen LogP contribution in [0.15, 0.2) is 24.3 Å². The molecule has 1 aliphatic heterocycles. The number of benzene rings is 1. The third kappa shape index (κ3) is 5.25. The molecule has 3 rings (SSSR count). The lowest BCUT2D eigenvalue weighted by atomic mass is 10.1. The van der Waals surface area contributed by atoms with Gasteiger partial charge >= 0.3 is 5.97 Å². The summed E-state index contributed by atoms with van der Waals surface area (Å²) in [6, 6.07) is 6.90. The van der Waals surface area contributed by atoms with E-state index in [-0.39, 0.29) is 37.6 Å². The van der Waals surface area contributed by atoms with E-state index in [1.165, 1.54) is 13.2 Å². The number of ether oxygens (including phenoxy) is 3. The first-order chi connectivity index (χ1) is 14.3. The fourth-order valence-electron chi connectivity index (χ4n) is 3.07. The highest BCUT2D eigenvalue weighted by Gasteiger charge is 2.35. The fraction of sp³-hybridized carbons (Fsp3) is 0.450. The topological polar surface area (TPSA) is 85.8 Å². The average molecular weight is 422 g/mol. The zero-order valence-corrected chi connectivity index (χ0v) is 17.1. The van der Waals surface area contributed by atoms with Gasteiger partial charge in [0.2, 0.25) is 5.95 Å². The molecular formula is C20H24F2N4O4. The Labute approximate surface area is 173 Å². The Morgan fingerprint density at radius 3 is 2.27 bits per heavy atom. The zero-order valence-electron chi connectivity index (χ0n) is 17.1. The number of esters is 1. The minimum atomic E-state index is -2.69. The number of methoxy groups -OCH3 is 3. The van der Waals surface area contributed by atoms with Crippen molar-refractivity contribution in [2.24, 2.45) is 0 Å². The standard InChI is InChI=1S/C20H24F2N4O4/c1-28-14-8-13(9-15(10-14)29-2)12-23-17-11-16(18(27)30-3)24-19(25-17)26-6-4-20(21,22)5-7-26/h8-11H,4-7,12H2,1-3H3,(H,23,24,25). The van der Waals surface area contributed by atoms with E-state index < -0.39 is 11.9 Å². The van der Waals surface area contributed by atoms with Gasteiger partial charge in [-0.15, -0.1) is 0 Å². The Balaban J connectivity index is 1.82. The van der Waals surface area contributed by atoms with Gasteiger partial charge in [0.05, 0.1) is 21.3 Å². The highest BCUT2D eigenvalue weighted by Crippen LogP contribution is 2.30. The summed E-state index contributed by atoms with van der Waals surface area (Å²) in [5.41, 5.74) is 0.911. The lowest BCUT2D eigenvalue weighted by molar-refractivity contribution is -0.0222. The smallest absolute Gasteiger partial charge is 0.356 e. The number of carbonyl (C=O) groups is 1. The summed E-state index contributed by atoms with van der Waals surface area (Å²) in [4.78, 5) is 22.3. The second kappa shape index (κ2) is 9.10. The van der Waals surface area contributed by atoms with Crippen LogP contribution in [0.5, 0.6) is 11.5 Å². The lowest BCUT2D eigenvalue weighted by Gasteiger charge is -2.32. The molecule has 10 heteroatoms. The first-order valence-electron chi connectivity index (χ1n) is 9.39.